The number of hydrogen-bond donors (Lipinski definition) is 3. The minimum absolute atomic E-state index is 0.00109. The van der Waals surface area contributed by atoms with Crippen LogP contribution in [0.3, 0.4) is 0 Å². The van der Waals surface area contributed by atoms with Crippen molar-refractivity contribution in [1.82, 2.24) is 4.98 Å². The maximum Gasteiger partial charge on any atom is 0.411 e. The zero-order chi connectivity index (χ0) is 19.2. The molecule has 0 aliphatic carbocycles. The van der Waals surface area contributed by atoms with Crippen molar-refractivity contribution in [2.45, 2.75) is 6.42 Å². The number of ether oxygens (including phenoxy) is 1. The van der Waals surface area contributed by atoms with Gasteiger partial charge in [0.05, 0.1) is 12.3 Å². The molecule has 2 aromatic carbocycles. The predicted octanol–water partition coefficient (Wildman–Crippen LogP) is 2.89. The van der Waals surface area contributed by atoms with Gasteiger partial charge in [-0.1, -0.05) is 23.7 Å². The Morgan fingerprint density at radius 3 is 2.89 bits per heavy atom. The first-order valence-corrected chi connectivity index (χ1v) is 8.64. The second-order valence-electron chi connectivity index (χ2n) is 5.64. The van der Waals surface area contributed by atoms with Crippen LogP contribution in [-0.2, 0) is 0 Å². The lowest BCUT2D eigenvalue weighted by atomic mass is 10.3. The van der Waals surface area contributed by atoms with Gasteiger partial charge in [-0.05, 0) is 43.3 Å². The number of amides is 2. The van der Waals surface area contributed by atoms with Crippen molar-refractivity contribution in [3.63, 3.8) is 0 Å². The van der Waals surface area contributed by atoms with E-state index in [1.54, 1.807) is 42.5 Å². The summed E-state index contributed by atoms with van der Waals surface area (Å²) in [6.07, 6.45) is 1.97. The van der Waals surface area contributed by atoms with Crippen LogP contribution < -0.4 is 25.8 Å². The van der Waals surface area contributed by atoms with E-state index in [1.165, 1.54) is 6.20 Å². The van der Waals surface area contributed by atoms with Gasteiger partial charge in [-0.15, -0.1) is 0 Å². The quantitative estimate of drug-likeness (QED) is 0.341. The highest BCUT2D eigenvalue weighted by Gasteiger charge is 2.16. The van der Waals surface area contributed by atoms with Crippen molar-refractivity contribution < 1.29 is 14.3 Å². The van der Waals surface area contributed by atoms with Gasteiger partial charge in [-0.25, -0.2) is 14.5 Å². The first kappa shape index (κ1) is 18.7. The average molecular weight is 388 g/mol. The molecule has 4 N–H and O–H groups in total. The standard InChI is InChI=1S/C18H18ClN5O3/c19-12-6-7-16(27-9-3-8-20)14(10-12)22-18(25)23-17-11-21-13-4-1-2-5-15(13)24(17)26/h1-2,4-7,10-11H,3,8-9,20H2,(H2,22,23,25). The third-order valence-corrected chi connectivity index (χ3v) is 3.92. The van der Waals surface area contributed by atoms with Crippen molar-refractivity contribution in [3.8, 4) is 5.75 Å². The van der Waals surface area contributed by atoms with Crippen LogP contribution in [0.5, 0.6) is 5.75 Å². The Labute approximate surface area is 160 Å². The summed E-state index contributed by atoms with van der Waals surface area (Å²) in [4.78, 5) is 16.5. The van der Waals surface area contributed by atoms with E-state index in [9.17, 15) is 10.0 Å². The Morgan fingerprint density at radius 1 is 1.26 bits per heavy atom. The largest absolute Gasteiger partial charge is 0.710 e. The number of rotatable bonds is 6. The van der Waals surface area contributed by atoms with Gasteiger partial charge in [0.2, 0.25) is 0 Å². The van der Waals surface area contributed by atoms with E-state index in [1.807, 2.05) is 0 Å². The van der Waals surface area contributed by atoms with Crippen molar-refractivity contribution >= 4 is 40.2 Å². The third-order valence-electron chi connectivity index (χ3n) is 3.68. The molecule has 3 aromatic rings. The number of nitrogens with zero attached hydrogens (tertiary/aromatic N) is 2. The van der Waals surface area contributed by atoms with Crippen molar-refractivity contribution in [3.05, 3.63) is 58.9 Å². The number of anilines is 2. The zero-order valence-corrected chi connectivity index (χ0v) is 15.1. The molecule has 3 rings (SSSR count). The topological polar surface area (TPSA) is 116 Å². The number of fused-ring (bicyclic) bond motifs is 1. The second-order valence-corrected chi connectivity index (χ2v) is 6.07. The number of urea groups is 1. The first-order valence-electron chi connectivity index (χ1n) is 8.26. The van der Waals surface area contributed by atoms with Gasteiger partial charge in [0.25, 0.3) is 0 Å². The SMILES string of the molecule is NCCCOc1ccc(Cl)cc1NC(=O)Nc1cnc2ccccc2[n+]1[O-]. The number of aromatic nitrogens is 2. The molecule has 27 heavy (non-hydrogen) atoms. The maximum atomic E-state index is 12.4. The molecule has 2 amide bonds. The molecule has 1 aromatic heterocycles. The Kier molecular flexibility index (Phi) is 5.90. The highest BCUT2D eigenvalue weighted by Crippen LogP contribution is 2.28. The summed E-state index contributed by atoms with van der Waals surface area (Å²) >= 11 is 6.00. The van der Waals surface area contributed by atoms with Crippen LogP contribution in [0, 0.1) is 5.21 Å². The van der Waals surface area contributed by atoms with E-state index < -0.39 is 6.03 Å². The van der Waals surface area contributed by atoms with Crippen LogP contribution in [0.25, 0.3) is 11.0 Å². The second kappa shape index (κ2) is 8.52. The molecule has 8 nitrogen and oxygen atoms in total. The molecular formula is C18H18ClN5O3. The van der Waals surface area contributed by atoms with Gasteiger partial charge in [0, 0.05) is 5.02 Å². The molecule has 0 unspecified atom stereocenters. The third kappa shape index (κ3) is 4.55. The van der Waals surface area contributed by atoms with Gasteiger partial charge in [0.1, 0.15) is 17.5 Å². The molecule has 0 aliphatic rings. The number of carbonyl (C=O) groups excluding carboxylic acids is 1. The average Bonchev–Trinajstić information content (AvgIpc) is 2.66. The fourth-order valence-corrected chi connectivity index (χ4v) is 2.57. The molecule has 0 aliphatic heterocycles. The number of nitrogens with one attached hydrogen (secondary N) is 2. The lowest BCUT2D eigenvalue weighted by Crippen LogP contribution is -2.35. The van der Waals surface area contributed by atoms with Crippen molar-refractivity contribution in [2.75, 3.05) is 23.8 Å². The van der Waals surface area contributed by atoms with Crippen LogP contribution in [0.4, 0.5) is 16.3 Å². The molecule has 0 spiro atoms. The number of halogens is 1. The number of para-hydroxylation sites is 2. The van der Waals surface area contributed by atoms with Crippen LogP contribution in [0.15, 0.2) is 48.7 Å². The van der Waals surface area contributed by atoms with Crippen LogP contribution in [0.1, 0.15) is 6.42 Å². The van der Waals surface area contributed by atoms with Crippen LogP contribution in [0.2, 0.25) is 5.02 Å². The number of carbonyl (C=O) groups is 1. The number of hydrogen-bond acceptors (Lipinski definition) is 5. The van der Waals surface area contributed by atoms with Crippen molar-refractivity contribution in [2.24, 2.45) is 5.73 Å². The Balaban J connectivity index is 1.76. The van der Waals surface area contributed by atoms with Crippen molar-refractivity contribution in [1.29, 1.82) is 0 Å². The molecule has 1 heterocycles. The minimum atomic E-state index is -0.623. The highest BCUT2D eigenvalue weighted by molar-refractivity contribution is 6.31. The first-order chi connectivity index (χ1) is 13.1. The summed E-state index contributed by atoms with van der Waals surface area (Å²) in [6.45, 7) is 0.902. The molecule has 0 atom stereocenters. The molecule has 140 valence electrons. The van der Waals surface area contributed by atoms with Gasteiger partial charge < -0.3 is 15.7 Å². The van der Waals surface area contributed by atoms with E-state index in [0.29, 0.717) is 51.8 Å². The smallest absolute Gasteiger partial charge is 0.411 e. The number of benzene rings is 2. The van der Waals surface area contributed by atoms with E-state index >= 15 is 0 Å². The maximum absolute atomic E-state index is 12.4. The molecule has 9 heteroatoms. The summed E-state index contributed by atoms with van der Waals surface area (Å²) in [6, 6.07) is 11.1. The lowest BCUT2D eigenvalue weighted by molar-refractivity contribution is -0.561. The molecule has 0 bridgehead atoms. The minimum Gasteiger partial charge on any atom is -0.710 e. The lowest BCUT2D eigenvalue weighted by Gasteiger charge is -2.13. The van der Waals surface area contributed by atoms with Crippen LogP contribution >= 0.6 is 11.6 Å². The fourth-order valence-electron chi connectivity index (χ4n) is 2.40. The molecule has 0 radical (unpaired) electrons. The fraction of sp³-hybridized carbons (Fsp3) is 0.167. The van der Waals surface area contributed by atoms with E-state index in [-0.39, 0.29) is 5.82 Å². The normalized spacial score (nSPS) is 10.6. The molecule has 0 saturated heterocycles. The van der Waals surface area contributed by atoms with Gasteiger partial charge >= 0.3 is 11.8 Å². The molecular weight excluding hydrogens is 370 g/mol. The summed E-state index contributed by atoms with van der Waals surface area (Å²) in [5.41, 5.74) is 6.72. The highest BCUT2D eigenvalue weighted by atomic mass is 35.5. The molecule has 0 saturated carbocycles. The number of nitrogens with two attached hydrogens (primary N) is 1. The van der Waals surface area contributed by atoms with Gasteiger partial charge in [-0.3, -0.25) is 5.32 Å². The van der Waals surface area contributed by atoms with E-state index in [4.69, 9.17) is 22.1 Å². The summed E-state index contributed by atoms with van der Waals surface area (Å²) in [5.74, 6) is 0.452. The predicted molar refractivity (Wildman–Crippen MR) is 104 cm³/mol. The zero-order valence-electron chi connectivity index (χ0n) is 14.3. The summed E-state index contributed by atoms with van der Waals surface area (Å²) < 4.78 is 6.21. The summed E-state index contributed by atoms with van der Waals surface area (Å²) in [5, 5.41) is 17.9. The van der Waals surface area contributed by atoms with Crippen LogP contribution in [-0.4, -0.2) is 24.2 Å². The Bertz CT molecular complexity index is 967. The Hall–Kier alpha value is -3.10. The van der Waals surface area contributed by atoms with Gasteiger partial charge in [0.15, 0.2) is 5.52 Å². The Morgan fingerprint density at radius 2 is 2.07 bits per heavy atom. The molecule has 0 fully saturated rings. The monoisotopic (exact) mass is 387 g/mol. The van der Waals surface area contributed by atoms with E-state index in [2.05, 4.69) is 15.6 Å². The van der Waals surface area contributed by atoms with E-state index in [0.717, 1.165) is 0 Å². The summed E-state index contributed by atoms with van der Waals surface area (Å²) in [7, 11) is 0. The van der Waals surface area contributed by atoms with Gasteiger partial charge in [-0.2, -0.15) is 5.32 Å².